The lowest BCUT2D eigenvalue weighted by atomic mass is 10.2. The van der Waals surface area contributed by atoms with Crippen molar-refractivity contribution in [3.8, 4) is 0 Å². The van der Waals surface area contributed by atoms with E-state index >= 15 is 0 Å². The van der Waals surface area contributed by atoms with Crippen molar-refractivity contribution < 1.29 is 23.1 Å². The second kappa shape index (κ2) is 4.50. The third kappa shape index (κ3) is 2.20. The molecule has 2 rings (SSSR count). The highest BCUT2D eigenvalue weighted by molar-refractivity contribution is 9.10. The Kier molecular flexibility index (Phi) is 3.21. The molecule has 1 aromatic carbocycles. The standard InChI is InChI=1S/C10H6BrF2NO3/c11-5-1-6(12)10(7(13)2-5)14-8(15)3-17-4-9(14)16/h1-2H,3-4H2. The molecule has 0 N–H and O–H groups in total. The third-order valence-corrected chi connectivity index (χ3v) is 2.61. The molecule has 4 nitrogen and oxygen atoms in total. The molecule has 7 heteroatoms. The molecule has 0 unspecified atom stereocenters. The molecule has 1 heterocycles. The molecule has 1 aliphatic heterocycles. The summed E-state index contributed by atoms with van der Waals surface area (Å²) in [5, 5.41) is 0. The van der Waals surface area contributed by atoms with E-state index in [1.807, 2.05) is 0 Å². The number of halogens is 3. The largest absolute Gasteiger partial charge is 0.362 e. The number of anilines is 1. The number of carbonyl (C=O) groups is 2. The van der Waals surface area contributed by atoms with Crippen molar-refractivity contribution in [1.82, 2.24) is 0 Å². The van der Waals surface area contributed by atoms with Gasteiger partial charge in [0, 0.05) is 4.47 Å². The quantitative estimate of drug-likeness (QED) is 0.741. The number of morpholine rings is 1. The number of amides is 2. The van der Waals surface area contributed by atoms with E-state index in [1.165, 1.54) is 0 Å². The van der Waals surface area contributed by atoms with Gasteiger partial charge in [0.25, 0.3) is 11.8 Å². The average molecular weight is 306 g/mol. The molecule has 0 aromatic heterocycles. The Balaban J connectivity index is 2.52. The second-order valence-electron chi connectivity index (χ2n) is 3.33. The second-order valence-corrected chi connectivity index (χ2v) is 4.25. The lowest BCUT2D eigenvalue weighted by Crippen LogP contribution is -2.47. The SMILES string of the molecule is O=C1COCC(=O)N1c1c(F)cc(Br)cc1F. The van der Waals surface area contributed by atoms with Crippen molar-refractivity contribution >= 4 is 33.4 Å². The maximum Gasteiger partial charge on any atom is 0.260 e. The van der Waals surface area contributed by atoms with Gasteiger partial charge in [0.2, 0.25) is 0 Å². The molecule has 1 aromatic rings. The van der Waals surface area contributed by atoms with E-state index in [1.54, 1.807) is 0 Å². The van der Waals surface area contributed by atoms with Gasteiger partial charge < -0.3 is 4.74 Å². The van der Waals surface area contributed by atoms with Crippen LogP contribution in [-0.2, 0) is 14.3 Å². The Morgan fingerprint density at radius 3 is 2.06 bits per heavy atom. The van der Waals surface area contributed by atoms with Crippen molar-refractivity contribution in [2.45, 2.75) is 0 Å². The molecule has 1 aliphatic rings. The molecule has 1 saturated heterocycles. The van der Waals surface area contributed by atoms with Gasteiger partial charge in [0.1, 0.15) is 18.9 Å². The maximum absolute atomic E-state index is 13.6. The first kappa shape index (κ1) is 12.1. The number of ether oxygens (including phenoxy) is 1. The van der Waals surface area contributed by atoms with Crippen LogP contribution in [0.25, 0.3) is 0 Å². The molecule has 0 bridgehead atoms. The first-order chi connectivity index (χ1) is 8.00. The van der Waals surface area contributed by atoms with Gasteiger partial charge >= 0.3 is 0 Å². The monoisotopic (exact) mass is 305 g/mol. The average Bonchev–Trinajstić information content (AvgIpc) is 2.21. The van der Waals surface area contributed by atoms with E-state index in [9.17, 15) is 18.4 Å². The molecule has 0 radical (unpaired) electrons. The molecule has 90 valence electrons. The molecule has 1 fully saturated rings. The molecule has 0 saturated carbocycles. The summed E-state index contributed by atoms with van der Waals surface area (Å²) in [6.07, 6.45) is 0. The van der Waals surface area contributed by atoms with Gasteiger partial charge in [-0.25, -0.2) is 13.7 Å². The summed E-state index contributed by atoms with van der Waals surface area (Å²) in [6.45, 7) is -0.749. The third-order valence-electron chi connectivity index (χ3n) is 2.16. The first-order valence-corrected chi connectivity index (χ1v) is 5.38. The van der Waals surface area contributed by atoms with Crippen molar-refractivity contribution in [2.75, 3.05) is 18.1 Å². The minimum atomic E-state index is -0.986. The predicted octanol–water partition coefficient (Wildman–Crippen LogP) is 1.62. The van der Waals surface area contributed by atoms with Gasteiger partial charge in [0.15, 0.2) is 11.6 Å². The molecular weight excluding hydrogens is 300 g/mol. The molecule has 2 amide bonds. The summed E-state index contributed by atoms with van der Waals surface area (Å²) in [5.41, 5.74) is -0.661. The van der Waals surface area contributed by atoms with E-state index in [4.69, 9.17) is 0 Å². The molecule has 0 atom stereocenters. The Morgan fingerprint density at radius 2 is 1.59 bits per heavy atom. The number of benzene rings is 1. The Labute approximate surface area is 103 Å². The fourth-order valence-electron chi connectivity index (χ4n) is 1.49. The summed E-state index contributed by atoms with van der Waals surface area (Å²) in [5.74, 6) is -3.55. The van der Waals surface area contributed by atoms with E-state index in [-0.39, 0.29) is 17.7 Å². The van der Waals surface area contributed by atoms with Crippen LogP contribution in [0.2, 0.25) is 0 Å². The van der Waals surface area contributed by atoms with Crippen molar-refractivity contribution in [3.05, 3.63) is 28.2 Å². The zero-order valence-corrected chi connectivity index (χ0v) is 9.96. The van der Waals surface area contributed by atoms with E-state index in [0.717, 1.165) is 12.1 Å². The molecule has 0 aliphatic carbocycles. The van der Waals surface area contributed by atoms with Crippen LogP contribution in [0, 0.1) is 11.6 Å². The highest BCUT2D eigenvalue weighted by Crippen LogP contribution is 2.28. The molecule has 17 heavy (non-hydrogen) atoms. The van der Waals surface area contributed by atoms with Crippen LogP contribution in [0.15, 0.2) is 16.6 Å². The van der Waals surface area contributed by atoms with Gasteiger partial charge in [-0.3, -0.25) is 9.59 Å². The van der Waals surface area contributed by atoms with Crippen LogP contribution < -0.4 is 4.90 Å². The smallest absolute Gasteiger partial charge is 0.260 e. The minimum Gasteiger partial charge on any atom is -0.362 e. The zero-order chi connectivity index (χ0) is 12.6. The summed E-state index contributed by atoms with van der Waals surface area (Å²) >= 11 is 2.91. The number of hydrogen-bond acceptors (Lipinski definition) is 3. The Bertz CT molecular complexity index is 467. The summed E-state index contributed by atoms with van der Waals surface area (Å²) in [7, 11) is 0. The lowest BCUT2D eigenvalue weighted by molar-refractivity contribution is -0.138. The van der Waals surface area contributed by atoms with Gasteiger partial charge in [-0.1, -0.05) is 15.9 Å². The number of nitrogens with zero attached hydrogens (tertiary/aromatic N) is 1. The van der Waals surface area contributed by atoms with Crippen LogP contribution in [0.4, 0.5) is 14.5 Å². The fraction of sp³-hybridized carbons (Fsp3) is 0.200. The van der Waals surface area contributed by atoms with Crippen molar-refractivity contribution in [1.29, 1.82) is 0 Å². The highest BCUT2D eigenvalue weighted by Gasteiger charge is 2.32. The summed E-state index contributed by atoms with van der Waals surface area (Å²) in [6, 6.07) is 1.96. The van der Waals surface area contributed by atoms with Gasteiger partial charge in [-0.05, 0) is 12.1 Å². The van der Waals surface area contributed by atoms with Crippen molar-refractivity contribution in [3.63, 3.8) is 0 Å². The van der Waals surface area contributed by atoms with Crippen LogP contribution in [-0.4, -0.2) is 25.0 Å². The maximum atomic E-state index is 13.6. The number of imide groups is 1. The topological polar surface area (TPSA) is 46.6 Å². The van der Waals surface area contributed by atoms with Gasteiger partial charge in [-0.2, -0.15) is 0 Å². The molecular formula is C10H6BrF2NO3. The lowest BCUT2D eigenvalue weighted by Gasteiger charge is -2.25. The van der Waals surface area contributed by atoms with E-state index in [0.29, 0.717) is 4.90 Å². The minimum absolute atomic E-state index is 0.185. The summed E-state index contributed by atoms with van der Waals surface area (Å²) < 4.78 is 32.0. The zero-order valence-electron chi connectivity index (χ0n) is 8.37. The van der Waals surface area contributed by atoms with Crippen LogP contribution in [0.1, 0.15) is 0 Å². The predicted molar refractivity (Wildman–Crippen MR) is 57.4 cm³/mol. The van der Waals surface area contributed by atoms with E-state index in [2.05, 4.69) is 20.7 Å². The van der Waals surface area contributed by atoms with Crippen molar-refractivity contribution in [2.24, 2.45) is 0 Å². The van der Waals surface area contributed by atoms with E-state index < -0.39 is 29.1 Å². The van der Waals surface area contributed by atoms with Crippen LogP contribution in [0.5, 0.6) is 0 Å². The number of rotatable bonds is 1. The van der Waals surface area contributed by atoms with Gasteiger partial charge in [-0.15, -0.1) is 0 Å². The Hall–Kier alpha value is -1.34. The normalized spacial score (nSPS) is 16.5. The fourth-order valence-corrected chi connectivity index (χ4v) is 1.89. The highest BCUT2D eigenvalue weighted by atomic mass is 79.9. The van der Waals surface area contributed by atoms with Crippen LogP contribution >= 0.6 is 15.9 Å². The number of hydrogen-bond donors (Lipinski definition) is 0. The summed E-state index contributed by atoms with van der Waals surface area (Å²) in [4.78, 5) is 23.3. The van der Waals surface area contributed by atoms with Crippen LogP contribution in [0.3, 0.4) is 0 Å². The Morgan fingerprint density at radius 1 is 1.12 bits per heavy atom. The number of carbonyl (C=O) groups excluding carboxylic acids is 2. The van der Waals surface area contributed by atoms with Gasteiger partial charge in [0.05, 0.1) is 0 Å². The first-order valence-electron chi connectivity index (χ1n) is 4.59. The molecule has 0 spiro atoms.